The summed E-state index contributed by atoms with van der Waals surface area (Å²) in [4.78, 5) is 20.5. The Morgan fingerprint density at radius 3 is 2.57 bits per heavy atom. The highest BCUT2D eigenvalue weighted by Gasteiger charge is 2.24. The van der Waals surface area contributed by atoms with Gasteiger partial charge < -0.3 is 35.9 Å². The molecule has 13 heteroatoms. The second-order valence-corrected chi connectivity index (χ2v) is 14.7. The second kappa shape index (κ2) is 12.9. The molecule has 1 fully saturated rings. The highest BCUT2D eigenvalue weighted by molar-refractivity contribution is 9.10. The van der Waals surface area contributed by atoms with E-state index in [1.54, 1.807) is 39.0 Å². The average Bonchev–Trinajstić information content (AvgIpc) is 2.97. The molecule has 222 valence electrons. The summed E-state index contributed by atoms with van der Waals surface area (Å²) in [6, 6.07) is 8.36. The highest BCUT2D eigenvalue weighted by atomic mass is 79.9. The van der Waals surface area contributed by atoms with Gasteiger partial charge in [0.2, 0.25) is 5.95 Å². The van der Waals surface area contributed by atoms with Crippen LogP contribution in [0.1, 0.15) is 18.4 Å². The number of piperidine rings is 1. The van der Waals surface area contributed by atoms with Crippen molar-refractivity contribution in [3.05, 3.63) is 52.9 Å². The number of nitrogens with zero attached hydrogens (tertiary/aromatic N) is 5. The Morgan fingerprint density at radius 2 is 1.86 bits per heavy atom. The van der Waals surface area contributed by atoms with Crippen LogP contribution in [-0.2, 0) is 4.57 Å². The molecular formula is C29H37BrN9O2P. The SMILES string of the molecule is COc1cc(N2CCC(NCCN)CC2)c(C)cc1Nc1ncc(Br)c(Nc2ccc3nccnc3c2P(C)(C)=O)n1. The van der Waals surface area contributed by atoms with Gasteiger partial charge in [-0.2, -0.15) is 4.98 Å². The number of halogens is 1. The summed E-state index contributed by atoms with van der Waals surface area (Å²) < 4.78 is 19.8. The molecule has 42 heavy (non-hydrogen) atoms. The number of ether oxygens (including phenoxy) is 1. The van der Waals surface area contributed by atoms with Crippen LogP contribution in [0.25, 0.3) is 11.0 Å². The van der Waals surface area contributed by atoms with Crippen LogP contribution in [0.4, 0.5) is 28.8 Å². The first-order valence-corrected chi connectivity index (χ1v) is 17.3. The Morgan fingerprint density at radius 1 is 1.10 bits per heavy atom. The van der Waals surface area contributed by atoms with Crippen molar-refractivity contribution in [2.24, 2.45) is 5.73 Å². The van der Waals surface area contributed by atoms with Crippen LogP contribution in [0.3, 0.4) is 0 Å². The first-order valence-electron chi connectivity index (χ1n) is 13.9. The molecule has 0 radical (unpaired) electrons. The van der Waals surface area contributed by atoms with Crippen LogP contribution in [0.15, 0.2) is 47.3 Å². The minimum absolute atomic E-state index is 0.385. The number of nitrogens with one attached hydrogen (secondary N) is 3. The molecule has 2 aromatic heterocycles. The van der Waals surface area contributed by atoms with Gasteiger partial charge in [0.05, 0.1) is 33.8 Å². The number of aryl methyl sites for hydroxylation is 1. The molecule has 0 spiro atoms. The number of methoxy groups -OCH3 is 1. The fourth-order valence-corrected chi connectivity index (χ4v) is 7.01. The Balaban J connectivity index is 1.39. The van der Waals surface area contributed by atoms with Gasteiger partial charge >= 0.3 is 0 Å². The molecule has 2 aromatic carbocycles. The van der Waals surface area contributed by atoms with Crippen molar-refractivity contribution in [1.82, 2.24) is 25.3 Å². The van der Waals surface area contributed by atoms with Gasteiger partial charge in [-0.1, -0.05) is 0 Å². The molecule has 0 atom stereocenters. The minimum atomic E-state index is -2.73. The van der Waals surface area contributed by atoms with Crippen molar-refractivity contribution >= 4 is 68.2 Å². The minimum Gasteiger partial charge on any atom is -0.494 e. The number of aromatic nitrogens is 4. The number of nitrogens with two attached hydrogens (primary N) is 1. The average molecular weight is 655 g/mol. The van der Waals surface area contributed by atoms with Gasteiger partial charge in [-0.05, 0) is 72.8 Å². The number of hydrogen-bond acceptors (Lipinski definition) is 11. The summed E-state index contributed by atoms with van der Waals surface area (Å²) in [5, 5.41) is 10.8. The largest absolute Gasteiger partial charge is 0.494 e. The molecule has 1 aliphatic heterocycles. The molecule has 1 aliphatic rings. The number of hydrogen-bond donors (Lipinski definition) is 4. The molecule has 5 N–H and O–H groups in total. The quantitative estimate of drug-likeness (QED) is 0.176. The number of benzene rings is 2. The lowest BCUT2D eigenvalue weighted by Gasteiger charge is -2.35. The maximum Gasteiger partial charge on any atom is 0.229 e. The van der Waals surface area contributed by atoms with Crippen molar-refractivity contribution in [3.8, 4) is 5.75 Å². The summed E-state index contributed by atoms with van der Waals surface area (Å²) in [5.74, 6) is 1.61. The Hall–Kier alpha value is -3.31. The third-order valence-corrected chi connectivity index (χ3v) is 9.44. The Labute approximate surface area is 254 Å². The topological polar surface area (TPSA) is 143 Å². The maximum atomic E-state index is 13.3. The van der Waals surface area contributed by atoms with Gasteiger partial charge in [-0.3, -0.25) is 9.97 Å². The molecule has 1 saturated heterocycles. The molecule has 0 bridgehead atoms. The van der Waals surface area contributed by atoms with Gasteiger partial charge in [0, 0.05) is 62.6 Å². The van der Waals surface area contributed by atoms with Crippen molar-refractivity contribution in [1.29, 1.82) is 0 Å². The summed E-state index contributed by atoms with van der Waals surface area (Å²) in [6.45, 7) is 8.99. The van der Waals surface area contributed by atoms with E-state index in [1.807, 2.05) is 12.1 Å². The van der Waals surface area contributed by atoms with Crippen molar-refractivity contribution in [2.45, 2.75) is 25.8 Å². The number of rotatable bonds is 10. The van der Waals surface area contributed by atoms with E-state index >= 15 is 0 Å². The lowest BCUT2D eigenvalue weighted by molar-refractivity contribution is 0.412. The van der Waals surface area contributed by atoms with Crippen molar-refractivity contribution in [3.63, 3.8) is 0 Å². The van der Waals surface area contributed by atoms with Gasteiger partial charge in [0.25, 0.3) is 0 Å². The standard InChI is InChI=1S/C29H37BrN9O2P/c1-18-15-23(25(41-2)16-24(18)39-13-7-19(8-14-39)32-10-9-31)37-29-35-17-20(30)28(38-29)36-22-6-5-21-26(34-12-11-33-21)27(22)42(3,4)40/h5-6,11-12,15-17,19,32H,7-10,13-14,31H2,1-4H3,(H2,35,36,37,38). The van der Waals surface area contributed by atoms with E-state index in [4.69, 9.17) is 15.5 Å². The van der Waals surface area contributed by atoms with Crippen LogP contribution in [-0.4, -0.2) is 72.6 Å². The first kappa shape index (κ1) is 30.2. The van der Waals surface area contributed by atoms with Gasteiger partial charge in [0.15, 0.2) is 0 Å². The maximum absolute atomic E-state index is 13.3. The van der Waals surface area contributed by atoms with E-state index in [0.29, 0.717) is 56.6 Å². The van der Waals surface area contributed by atoms with E-state index in [2.05, 4.69) is 70.8 Å². The van der Waals surface area contributed by atoms with E-state index in [1.165, 1.54) is 0 Å². The summed E-state index contributed by atoms with van der Waals surface area (Å²) in [5.41, 5.74) is 10.6. The fraction of sp³-hybridized carbons (Fsp3) is 0.379. The fourth-order valence-electron chi connectivity index (χ4n) is 5.33. The number of anilines is 5. The van der Waals surface area contributed by atoms with Gasteiger partial charge in [-0.25, -0.2) is 4.98 Å². The van der Waals surface area contributed by atoms with E-state index < -0.39 is 7.14 Å². The zero-order chi connectivity index (χ0) is 29.9. The van der Waals surface area contributed by atoms with E-state index in [9.17, 15) is 4.57 Å². The molecule has 0 saturated carbocycles. The molecule has 4 aromatic rings. The summed E-state index contributed by atoms with van der Waals surface area (Å²) in [6.07, 6.45) is 7.05. The monoisotopic (exact) mass is 653 g/mol. The third kappa shape index (κ3) is 6.67. The van der Waals surface area contributed by atoms with E-state index in [-0.39, 0.29) is 0 Å². The Bertz CT molecular complexity index is 1620. The molecule has 11 nitrogen and oxygen atoms in total. The highest BCUT2D eigenvalue weighted by Crippen LogP contribution is 2.41. The number of fused-ring (bicyclic) bond motifs is 1. The summed E-state index contributed by atoms with van der Waals surface area (Å²) >= 11 is 3.56. The second-order valence-electron chi connectivity index (χ2n) is 10.7. The van der Waals surface area contributed by atoms with Crippen LogP contribution in [0.2, 0.25) is 0 Å². The first-order chi connectivity index (χ1) is 20.2. The van der Waals surface area contributed by atoms with Crippen LogP contribution >= 0.6 is 23.1 Å². The molecule has 5 rings (SSSR count). The lowest BCUT2D eigenvalue weighted by atomic mass is 10.0. The lowest BCUT2D eigenvalue weighted by Crippen LogP contribution is -2.44. The molecule has 0 amide bonds. The predicted octanol–water partition coefficient (Wildman–Crippen LogP) is 4.75. The normalized spacial score (nSPS) is 14.3. The van der Waals surface area contributed by atoms with Gasteiger partial charge in [-0.15, -0.1) is 0 Å². The van der Waals surface area contributed by atoms with Crippen LogP contribution in [0.5, 0.6) is 5.75 Å². The zero-order valence-corrected chi connectivity index (χ0v) is 26.8. The van der Waals surface area contributed by atoms with Crippen LogP contribution in [0, 0.1) is 6.92 Å². The predicted molar refractivity (Wildman–Crippen MR) is 175 cm³/mol. The third-order valence-electron chi connectivity index (χ3n) is 7.33. The van der Waals surface area contributed by atoms with Crippen molar-refractivity contribution < 1.29 is 9.30 Å². The molecule has 0 unspecified atom stereocenters. The summed E-state index contributed by atoms with van der Waals surface area (Å²) in [7, 11) is -1.07. The molecular weight excluding hydrogens is 617 g/mol. The Kier molecular flexibility index (Phi) is 9.27. The van der Waals surface area contributed by atoms with E-state index in [0.717, 1.165) is 49.4 Å². The van der Waals surface area contributed by atoms with Crippen LogP contribution < -0.4 is 36.6 Å². The smallest absolute Gasteiger partial charge is 0.229 e. The van der Waals surface area contributed by atoms with Crippen molar-refractivity contribution in [2.75, 3.05) is 62.2 Å². The molecule has 0 aliphatic carbocycles. The molecule has 3 heterocycles. The zero-order valence-electron chi connectivity index (χ0n) is 24.3. The van der Waals surface area contributed by atoms with Gasteiger partial charge in [0.1, 0.15) is 24.2 Å².